The Morgan fingerprint density at radius 1 is 1.00 bits per heavy atom. The average molecular weight is 523 g/mol. The maximum atomic E-state index is 13.1. The highest BCUT2D eigenvalue weighted by molar-refractivity contribution is 7.80. The third-order valence-electron chi connectivity index (χ3n) is 7.52. The number of hydrogen-bond acceptors (Lipinski definition) is 3. The average Bonchev–Trinajstić information content (AvgIpc) is 2.91. The second-order valence-electron chi connectivity index (χ2n) is 10.5. The minimum absolute atomic E-state index is 0.0374. The van der Waals surface area contributed by atoms with Gasteiger partial charge in [0.15, 0.2) is 0 Å². The fourth-order valence-electron chi connectivity index (χ4n) is 5.35. The number of aryl methyl sites for hydroxylation is 1. The molecule has 0 bridgehead atoms. The number of carboxylic acids is 1. The third kappa shape index (κ3) is 10.3. The molecule has 0 heterocycles. The maximum absolute atomic E-state index is 13.1. The molecule has 0 aromatic heterocycles. The van der Waals surface area contributed by atoms with Gasteiger partial charge < -0.3 is 15.7 Å². The van der Waals surface area contributed by atoms with Gasteiger partial charge in [-0.1, -0.05) is 112 Å². The predicted molar refractivity (Wildman–Crippen MR) is 154 cm³/mol. The van der Waals surface area contributed by atoms with Gasteiger partial charge in [-0.25, -0.2) is 0 Å². The summed E-state index contributed by atoms with van der Waals surface area (Å²) < 4.78 is 0. The molecule has 1 aliphatic carbocycles. The van der Waals surface area contributed by atoms with Crippen molar-refractivity contribution in [3.8, 4) is 0 Å². The SMILES string of the molecule is CC(C[C@H](CC(=O)N[C@@H](CC1CCCCC1)C(=S)NCCCc1ccccc1)C(=O)O)c1ccccc1. The van der Waals surface area contributed by atoms with E-state index in [4.69, 9.17) is 12.2 Å². The molecule has 1 saturated carbocycles. The number of carbonyl (C=O) groups is 2. The monoisotopic (exact) mass is 522 g/mol. The molecular weight excluding hydrogens is 480 g/mol. The predicted octanol–water partition coefficient (Wildman–Crippen LogP) is 6.28. The molecule has 3 rings (SSSR count). The maximum Gasteiger partial charge on any atom is 0.307 e. The molecule has 0 saturated heterocycles. The molecule has 3 atom stereocenters. The van der Waals surface area contributed by atoms with Crippen LogP contribution in [0.2, 0.25) is 0 Å². The van der Waals surface area contributed by atoms with Crippen molar-refractivity contribution in [2.45, 2.75) is 83.1 Å². The van der Waals surface area contributed by atoms with Crippen molar-refractivity contribution in [3.05, 3.63) is 71.8 Å². The van der Waals surface area contributed by atoms with Gasteiger partial charge >= 0.3 is 5.97 Å². The molecule has 1 amide bonds. The number of thiocarbonyl (C=S) groups is 1. The standard InChI is InChI=1S/C31H42N2O3S/c1-23(26-17-9-4-10-18-26)20-27(31(35)36)22-29(34)33-28(21-25-14-7-3-8-15-25)30(37)32-19-11-16-24-12-5-2-6-13-24/h2,4-6,9-10,12-13,17-18,23,25,27-28H,3,7-8,11,14-16,19-22H2,1H3,(H,32,37)(H,33,34)(H,35,36)/t23?,27-,28+/m1/s1. The zero-order valence-electron chi connectivity index (χ0n) is 22.0. The topological polar surface area (TPSA) is 78.4 Å². The van der Waals surface area contributed by atoms with E-state index in [2.05, 4.69) is 22.8 Å². The lowest BCUT2D eigenvalue weighted by Gasteiger charge is -2.28. The fraction of sp³-hybridized carbons (Fsp3) is 0.516. The second-order valence-corrected chi connectivity index (χ2v) is 11.0. The fourth-order valence-corrected chi connectivity index (χ4v) is 5.61. The molecule has 0 spiro atoms. The van der Waals surface area contributed by atoms with Gasteiger partial charge in [-0.2, -0.15) is 0 Å². The van der Waals surface area contributed by atoms with Crippen molar-refractivity contribution >= 4 is 29.1 Å². The Morgan fingerprint density at radius 3 is 2.30 bits per heavy atom. The van der Waals surface area contributed by atoms with Crippen LogP contribution in [0, 0.1) is 11.8 Å². The van der Waals surface area contributed by atoms with Crippen molar-refractivity contribution in [2.24, 2.45) is 11.8 Å². The Labute approximate surface area is 227 Å². The van der Waals surface area contributed by atoms with Crippen molar-refractivity contribution < 1.29 is 14.7 Å². The molecule has 200 valence electrons. The number of amides is 1. The molecular formula is C31H42N2O3S. The van der Waals surface area contributed by atoms with Crippen LogP contribution in [0.25, 0.3) is 0 Å². The van der Waals surface area contributed by atoms with Gasteiger partial charge in [-0.3, -0.25) is 9.59 Å². The van der Waals surface area contributed by atoms with Gasteiger partial charge in [0, 0.05) is 13.0 Å². The van der Waals surface area contributed by atoms with Crippen LogP contribution >= 0.6 is 12.2 Å². The number of carbonyl (C=O) groups excluding carboxylic acids is 1. The first kappa shape index (κ1) is 28.8. The summed E-state index contributed by atoms with van der Waals surface area (Å²) in [5, 5.41) is 16.3. The minimum Gasteiger partial charge on any atom is -0.481 e. The third-order valence-corrected chi connectivity index (χ3v) is 7.95. The lowest BCUT2D eigenvalue weighted by atomic mass is 9.84. The molecule has 0 aliphatic heterocycles. The first-order valence-electron chi connectivity index (χ1n) is 13.8. The van der Waals surface area contributed by atoms with E-state index in [9.17, 15) is 14.7 Å². The first-order chi connectivity index (χ1) is 17.9. The molecule has 1 unspecified atom stereocenters. The molecule has 6 heteroatoms. The Morgan fingerprint density at radius 2 is 1.65 bits per heavy atom. The van der Waals surface area contributed by atoms with Gasteiger partial charge in [-0.05, 0) is 48.6 Å². The number of benzene rings is 2. The summed E-state index contributed by atoms with van der Waals surface area (Å²) in [6.07, 6.45) is 9.16. The van der Waals surface area contributed by atoms with Crippen molar-refractivity contribution in [1.29, 1.82) is 0 Å². The van der Waals surface area contributed by atoms with Crippen LogP contribution in [0.3, 0.4) is 0 Å². The molecule has 2 aromatic carbocycles. The molecule has 37 heavy (non-hydrogen) atoms. The normalized spacial score (nSPS) is 16.4. The van der Waals surface area contributed by atoms with Crippen LogP contribution in [0.15, 0.2) is 60.7 Å². The van der Waals surface area contributed by atoms with E-state index in [1.165, 1.54) is 24.8 Å². The van der Waals surface area contributed by atoms with Crippen molar-refractivity contribution in [3.63, 3.8) is 0 Å². The van der Waals surface area contributed by atoms with E-state index in [0.29, 0.717) is 17.3 Å². The number of carboxylic acid groups (broad SMARTS) is 1. The zero-order chi connectivity index (χ0) is 26.5. The number of rotatable bonds is 14. The van der Waals surface area contributed by atoms with E-state index in [-0.39, 0.29) is 24.3 Å². The van der Waals surface area contributed by atoms with Crippen LogP contribution in [-0.4, -0.2) is 34.6 Å². The molecule has 3 N–H and O–H groups in total. The van der Waals surface area contributed by atoms with Gasteiger partial charge in [-0.15, -0.1) is 0 Å². The summed E-state index contributed by atoms with van der Waals surface area (Å²) in [4.78, 5) is 25.8. The highest BCUT2D eigenvalue weighted by atomic mass is 32.1. The van der Waals surface area contributed by atoms with E-state index in [0.717, 1.165) is 44.2 Å². The minimum atomic E-state index is -0.927. The molecule has 5 nitrogen and oxygen atoms in total. The van der Waals surface area contributed by atoms with E-state index < -0.39 is 11.9 Å². The molecule has 2 aromatic rings. The molecule has 0 radical (unpaired) electrons. The zero-order valence-corrected chi connectivity index (χ0v) is 22.8. The number of hydrogen-bond donors (Lipinski definition) is 3. The van der Waals surface area contributed by atoms with Crippen LogP contribution in [0.1, 0.15) is 81.8 Å². The Kier molecular flexibility index (Phi) is 12.1. The summed E-state index contributed by atoms with van der Waals surface area (Å²) in [5.41, 5.74) is 2.39. The lowest BCUT2D eigenvalue weighted by Crippen LogP contribution is -2.47. The summed E-state index contributed by atoms with van der Waals surface area (Å²) in [6.45, 7) is 2.76. The Bertz CT molecular complexity index is 976. The largest absolute Gasteiger partial charge is 0.481 e. The van der Waals surface area contributed by atoms with E-state index in [1.54, 1.807) is 0 Å². The van der Waals surface area contributed by atoms with Crippen LogP contribution in [0.5, 0.6) is 0 Å². The number of aliphatic carboxylic acids is 1. The second kappa shape index (κ2) is 15.5. The highest BCUT2D eigenvalue weighted by Gasteiger charge is 2.28. The molecule has 1 aliphatic rings. The van der Waals surface area contributed by atoms with Gasteiger partial charge in [0.2, 0.25) is 5.91 Å². The van der Waals surface area contributed by atoms with Gasteiger partial charge in [0.05, 0.1) is 16.9 Å². The molecule has 1 fully saturated rings. The van der Waals surface area contributed by atoms with Crippen LogP contribution < -0.4 is 10.6 Å². The number of nitrogens with one attached hydrogen (secondary N) is 2. The van der Waals surface area contributed by atoms with E-state index >= 15 is 0 Å². The van der Waals surface area contributed by atoms with Gasteiger partial charge in [0.25, 0.3) is 0 Å². The summed E-state index contributed by atoms with van der Waals surface area (Å²) >= 11 is 5.75. The lowest BCUT2D eigenvalue weighted by molar-refractivity contribution is -0.144. The first-order valence-corrected chi connectivity index (χ1v) is 14.2. The summed E-state index contributed by atoms with van der Waals surface area (Å²) in [5.74, 6) is -1.31. The van der Waals surface area contributed by atoms with Crippen molar-refractivity contribution in [1.82, 2.24) is 10.6 Å². The van der Waals surface area contributed by atoms with Crippen molar-refractivity contribution in [2.75, 3.05) is 6.54 Å². The summed E-state index contributed by atoms with van der Waals surface area (Å²) in [7, 11) is 0. The quantitative estimate of drug-likeness (QED) is 0.201. The Hall–Kier alpha value is -2.73. The highest BCUT2D eigenvalue weighted by Crippen LogP contribution is 2.28. The Balaban J connectivity index is 1.55. The van der Waals surface area contributed by atoms with E-state index in [1.807, 2.05) is 55.5 Å². The van der Waals surface area contributed by atoms with Gasteiger partial charge in [0.1, 0.15) is 0 Å². The summed E-state index contributed by atoms with van der Waals surface area (Å²) in [6, 6.07) is 20.0. The smallest absolute Gasteiger partial charge is 0.307 e. The van der Waals surface area contributed by atoms with Crippen LogP contribution in [-0.2, 0) is 16.0 Å². The van der Waals surface area contributed by atoms with Crippen LogP contribution in [0.4, 0.5) is 0 Å².